The molecule has 1 saturated heterocycles. The van der Waals surface area contributed by atoms with Crippen molar-refractivity contribution in [2.24, 2.45) is 4.99 Å². The molecule has 0 spiro atoms. The summed E-state index contributed by atoms with van der Waals surface area (Å²) in [5.41, 5.74) is 4.20. The second-order valence-corrected chi connectivity index (χ2v) is 8.09. The van der Waals surface area contributed by atoms with E-state index in [1.54, 1.807) is 30.3 Å². The van der Waals surface area contributed by atoms with Gasteiger partial charge in [-0.2, -0.15) is 0 Å². The highest BCUT2D eigenvalue weighted by Crippen LogP contribution is 2.18. The topological polar surface area (TPSA) is 68.2 Å². The number of aromatic carboxylic acids is 1. The SMILES string of the molecule is Cc1ccc(CN=C(Nc2cccc(C(=O)O)c2)N2CCN(c3ccc(F)cc3)CC2)cc1. The van der Waals surface area contributed by atoms with E-state index >= 15 is 0 Å². The number of benzene rings is 3. The number of carboxylic acids is 1. The van der Waals surface area contributed by atoms with Crippen molar-refractivity contribution >= 4 is 23.3 Å². The number of carboxylic acid groups (broad SMARTS) is 1. The number of hydrogen-bond donors (Lipinski definition) is 2. The summed E-state index contributed by atoms with van der Waals surface area (Å²) in [6.45, 7) is 5.57. The van der Waals surface area contributed by atoms with Crippen LogP contribution in [0.1, 0.15) is 21.5 Å². The fourth-order valence-electron chi connectivity index (χ4n) is 3.77. The number of aliphatic imine (C=N–C) groups is 1. The number of anilines is 2. The summed E-state index contributed by atoms with van der Waals surface area (Å²) in [7, 11) is 0. The van der Waals surface area contributed by atoms with Crippen molar-refractivity contribution in [1.82, 2.24) is 4.90 Å². The monoisotopic (exact) mass is 446 g/mol. The summed E-state index contributed by atoms with van der Waals surface area (Å²) < 4.78 is 13.3. The van der Waals surface area contributed by atoms with E-state index in [4.69, 9.17) is 4.99 Å². The molecule has 0 atom stereocenters. The molecule has 2 N–H and O–H groups in total. The Morgan fingerprint density at radius 2 is 1.70 bits per heavy atom. The van der Waals surface area contributed by atoms with Crippen molar-refractivity contribution in [2.75, 3.05) is 36.4 Å². The zero-order valence-electron chi connectivity index (χ0n) is 18.5. The first kappa shape index (κ1) is 22.3. The van der Waals surface area contributed by atoms with Crippen LogP contribution in [0.15, 0.2) is 77.8 Å². The van der Waals surface area contributed by atoms with Crippen molar-refractivity contribution in [2.45, 2.75) is 13.5 Å². The van der Waals surface area contributed by atoms with Crippen molar-refractivity contribution < 1.29 is 14.3 Å². The van der Waals surface area contributed by atoms with Crippen LogP contribution in [0.25, 0.3) is 0 Å². The summed E-state index contributed by atoms with van der Waals surface area (Å²) in [6.07, 6.45) is 0. The molecule has 1 fully saturated rings. The molecule has 3 aromatic carbocycles. The lowest BCUT2D eigenvalue weighted by atomic mass is 10.1. The predicted molar refractivity (Wildman–Crippen MR) is 130 cm³/mol. The Bertz CT molecular complexity index is 1120. The lowest BCUT2D eigenvalue weighted by Gasteiger charge is -2.37. The molecule has 0 aromatic heterocycles. The smallest absolute Gasteiger partial charge is 0.335 e. The number of rotatable bonds is 5. The first-order valence-electron chi connectivity index (χ1n) is 10.9. The highest BCUT2D eigenvalue weighted by Gasteiger charge is 2.20. The van der Waals surface area contributed by atoms with Crippen LogP contribution < -0.4 is 10.2 Å². The maximum atomic E-state index is 13.3. The minimum absolute atomic E-state index is 0.221. The molecule has 0 unspecified atom stereocenters. The number of halogens is 1. The van der Waals surface area contributed by atoms with Gasteiger partial charge in [-0.3, -0.25) is 0 Å². The zero-order valence-corrected chi connectivity index (χ0v) is 18.5. The second-order valence-electron chi connectivity index (χ2n) is 8.09. The largest absolute Gasteiger partial charge is 0.478 e. The van der Waals surface area contributed by atoms with E-state index in [0.717, 1.165) is 37.4 Å². The van der Waals surface area contributed by atoms with Crippen LogP contribution in [0.2, 0.25) is 0 Å². The summed E-state index contributed by atoms with van der Waals surface area (Å²) in [5.74, 6) is -0.503. The first-order valence-corrected chi connectivity index (χ1v) is 10.9. The molecule has 4 rings (SSSR count). The van der Waals surface area contributed by atoms with Gasteiger partial charge >= 0.3 is 5.97 Å². The highest BCUT2D eigenvalue weighted by atomic mass is 19.1. The maximum Gasteiger partial charge on any atom is 0.335 e. The molecule has 170 valence electrons. The molecule has 7 heteroatoms. The minimum atomic E-state index is -0.968. The van der Waals surface area contributed by atoms with Crippen molar-refractivity contribution in [3.8, 4) is 0 Å². The number of carbonyl (C=O) groups is 1. The Balaban J connectivity index is 1.51. The number of aryl methyl sites for hydroxylation is 1. The third kappa shape index (κ3) is 5.88. The average molecular weight is 447 g/mol. The van der Waals surface area contributed by atoms with Gasteiger partial charge in [-0.05, 0) is 55.0 Å². The molecule has 0 radical (unpaired) electrons. The number of hydrogen-bond acceptors (Lipinski definition) is 3. The molecule has 0 saturated carbocycles. The van der Waals surface area contributed by atoms with E-state index in [2.05, 4.69) is 46.3 Å². The Morgan fingerprint density at radius 1 is 1.00 bits per heavy atom. The molecule has 0 amide bonds. The summed E-state index contributed by atoms with van der Waals surface area (Å²) in [4.78, 5) is 20.6. The van der Waals surface area contributed by atoms with Gasteiger partial charge in [0.2, 0.25) is 0 Å². The van der Waals surface area contributed by atoms with E-state index in [0.29, 0.717) is 18.2 Å². The molecule has 33 heavy (non-hydrogen) atoms. The Kier molecular flexibility index (Phi) is 6.88. The summed E-state index contributed by atoms with van der Waals surface area (Å²) >= 11 is 0. The van der Waals surface area contributed by atoms with E-state index in [-0.39, 0.29) is 11.4 Å². The molecule has 0 aliphatic carbocycles. The molecule has 0 bridgehead atoms. The van der Waals surface area contributed by atoms with E-state index in [1.165, 1.54) is 17.7 Å². The minimum Gasteiger partial charge on any atom is -0.478 e. The van der Waals surface area contributed by atoms with E-state index < -0.39 is 5.97 Å². The van der Waals surface area contributed by atoms with Gasteiger partial charge in [-0.1, -0.05) is 35.9 Å². The molecule has 1 heterocycles. The molecule has 1 aliphatic rings. The van der Waals surface area contributed by atoms with Crippen molar-refractivity contribution in [3.63, 3.8) is 0 Å². The molecule has 1 aliphatic heterocycles. The van der Waals surface area contributed by atoms with Gasteiger partial charge in [-0.25, -0.2) is 14.2 Å². The fraction of sp³-hybridized carbons (Fsp3) is 0.231. The highest BCUT2D eigenvalue weighted by molar-refractivity contribution is 5.96. The van der Waals surface area contributed by atoms with Crippen LogP contribution in [0.5, 0.6) is 0 Å². The van der Waals surface area contributed by atoms with Crippen LogP contribution in [-0.2, 0) is 6.54 Å². The molecule has 3 aromatic rings. The van der Waals surface area contributed by atoms with Crippen LogP contribution >= 0.6 is 0 Å². The lowest BCUT2D eigenvalue weighted by molar-refractivity contribution is 0.0697. The van der Waals surface area contributed by atoms with E-state index in [9.17, 15) is 14.3 Å². The molecular formula is C26H27FN4O2. The van der Waals surface area contributed by atoms with Gasteiger partial charge in [0.05, 0.1) is 12.1 Å². The lowest BCUT2D eigenvalue weighted by Crippen LogP contribution is -2.50. The number of piperazine rings is 1. The normalized spacial score (nSPS) is 14.3. The van der Waals surface area contributed by atoms with Crippen molar-refractivity contribution in [1.29, 1.82) is 0 Å². The van der Waals surface area contributed by atoms with Gasteiger partial charge in [0, 0.05) is 37.6 Å². The van der Waals surface area contributed by atoms with Crippen LogP contribution in [0, 0.1) is 12.7 Å². The molecule has 6 nitrogen and oxygen atoms in total. The van der Waals surface area contributed by atoms with Gasteiger partial charge in [0.15, 0.2) is 5.96 Å². The number of guanidine groups is 1. The van der Waals surface area contributed by atoms with Crippen molar-refractivity contribution in [3.05, 3.63) is 95.3 Å². The third-order valence-electron chi connectivity index (χ3n) is 5.67. The fourth-order valence-corrected chi connectivity index (χ4v) is 3.77. The Labute approximate surface area is 193 Å². The number of nitrogens with zero attached hydrogens (tertiary/aromatic N) is 3. The van der Waals surface area contributed by atoms with Crippen LogP contribution in [0.3, 0.4) is 0 Å². The quantitative estimate of drug-likeness (QED) is 0.442. The van der Waals surface area contributed by atoms with Gasteiger partial charge < -0.3 is 20.2 Å². The molecular weight excluding hydrogens is 419 g/mol. The second kappa shape index (κ2) is 10.2. The van der Waals surface area contributed by atoms with Gasteiger partial charge in [0.1, 0.15) is 5.82 Å². The van der Waals surface area contributed by atoms with Gasteiger partial charge in [0.25, 0.3) is 0 Å². The Morgan fingerprint density at radius 3 is 2.36 bits per heavy atom. The van der Waals surface area contributed by atoms with Crippen LogP contribution in [0.4, 0.5) is 15.8 Å². The average Bonchev–Trinajstić information content (AvgIpc) is 2.83. The standard InChI is InChI=1S/C26H27FN4O2/c1-19-5-7-20(8-6-19)18-28-26(29-23-4-2-3-21(17-23)25(32)33)31-15-13-30(14-16-31)24-11-9-22(27)10-12-24/h2-12,17H,13-16,18H2,1H3,(H,28,29)(H,32,33). The van der Waals surface area contributed by atoms with E-state index in [1.807, 2.05) is 6.07 Å². The third-order valence-corrected chi connectivity index (χ3v) is 5.67. The predicted octanol–water partition coefficient (Wildman–Crippen LogP) is 4.62. The summed E-state index contributed by atoms with van der Waals surface area (Å²) in [6, 6.07) is 21.5. The van der Waals surface area contributed by atoms with Gasteiger partial charge in [-0.15, -0.1) is 0 Å². The first-order chi connectivity index (χ1) is 16.0. The zero-order chi connectivity index (χ0) is 23.2. The van der Waals surface area contributed by atoms with Crippen LogP contribution in [-0.4, -0.2) is 48.1 Å². The number of nitrogens with one attached hydrogen (secondary N) is 1. The maximum absolute atomic E-state index is 13.3. The summed E-state index contributed by atoms with van der Waals surface area (Å²) in [5, 5.41) is 12.7. The Hall–Kier alpha value is -3.87.